The number of nitrogens with zero attached hydrogens (tertiary/aromatic N) is 1. The lowest BCUT2D eigenvalue weighted by Crippen LogP contribution is -2.33. The molecule has 2 aliphatic rings. The van der Waals surface area contributed by atoms with Gasteiger partial charge in [-0.25, -0.2) is 0 Å². The summed E-state index contributed by atoms with van der Waals surface area (Å²) in [5.74, 6) is 0.638. The molecule has 0 aromatic heterocycles. The molecule has 3 heteroatoms. The summed E-state index contributed by atoms with van der Waals surface area (Å²) in [4.78, 5) is 14.2. The molecule has 0 radical (unpaired) electrons. The van der Waals surface area contributed by atoms with Gasteiger partial charge in [0.1, 0.15) is 0 Å². The maximum Gasteiger partial charge on any atom is 0.223 e. The Labute approximate surface area is 108 Å². The quantitative estimate of drug-likeness (QED) is 0.863. The molecule has 3 rings (SSSR count). The first-order chi connectivity index (χ1) is 8.79. The highest BCUT2D eigenvalue weighted by Crippen LogP contribution is 2.37. The van der Waals surface area contributed by atoms with Crippen LogP contribution in [0.15, 0.2) is 24.3 Å². The number of hydrogen-bond donors (Lipinski definition) is 1. The summed E-state index contributed by atoms with van der Waals surface area (Å²) in [5.41, 5.74) is 8.47. The summed E-state index contributed by atoms with van der Waals surface area (Å²) >= 11 is 0. The Balaban J connectivity index is 1.88. The molecule has 1 unspecified atom stereocenters. The first kappa shape index (κ1) is 11.7. The number of carbonyl (C=O) groups is 1. The fourth-order valence-corrected chi connectivity index (χ4v) is 3.32. The summed E-state index contributed by atoms with van der Waals surface area (Å²) in [6.07, 6.45) is 4.06. The lowest BCUT2D eigenvalue weighted by molar-refractivity contribution is -0.130. The highest BCUT2D eigenvalue weighted by molar-refractivity contribution is 5.79. The zero-order chi connectivity index (χ0) is 12.5. The van der Waals surface area contributed by atoms with Gasteiger partial charge >= 0.3 is 0 Å². The van der Waals surface area contributed by atoms with Gasteiger partial charge in [0.15, 0.2) is 0 Å². The van der Waals surface area contributed by atoms with Crippen molar-refractivity contribution >= 4 is 5.91 Å². The van der Waals surface area contributed by atoms with Crippen molar-refractivity contribution in [2.75, 3.05) is 13.1 Å². The van der Waals surface area contributed by atoms with Crippen molar-refractivity contribution in [3.63, 3.8) is 0 Å². The summed E-state index contributed by atoms with van der Waals surface area (Å²) in [6.45, 7) is 1.46. The van der Waals surface area contributed by atoms with Crippen LogP contribution in [0.5, 0.6) is 0 Å². The van der Waals surface area contributed by atoms with Gasteiger partial charge in [0.05, 0.1) is 6.04 Å². The minimum absolute atomic E-state index is 0.284. The van der Waals surface area contributed by atoms with E-state index in [1.54, 1.807) is 0 Å². The van der Waals surface area contributed by atoms with E-state index < -0.39 is 0 Å². The molecule has 3 nitrogen and oxygen atoms in total. The van der Waals surface area contributed by atoms with Crippen LogP contribution in [0.1, 0.15) is 36.4 Å². The summed E-state index contributed by atoms with van der Waals surface area (Å²) in [7, 11) is 0. The van der Waals surface area contributed by atoms with Crippen molar-refractivity contribution in [1.29, 1.82) is 0 Å². The summed E-state index contributed by atoms with van der Waals surface area (Å²) in [6, 6.07) is 8.84. The van der Waals surface area contributed by atoms with E-state index in [0.29, 0.717) is 24.9 Å². The van der Waals surface area contributed by atoms with Crippen molar-refractivity contribution in [2.45, 2.75) is 31.7 Å². The zero-order valence-corrected chi connectivity index (χ0v) is 10.6. The second-order valence-corrected chi connectivity index (χ2v) is 5.46. The van der Waals surface area contributed by atoms with Gasteiger partial charge in [-0.1, -0.05) is 24.3 Å². The van der Waals surface area contributed by atoms with E-state index in [2.05, 4.69) is 29.2 Å². The van der Waals surface area contributed by atoms with Gasteiger partial charge < -0.3 is 10.6 Å². The molecule has 0 spiro atoms. The molecule has 96 valence electrons. The first-order valence-corrected chi connectivity index (χ1v) is 6.87. The number of likely N-dealkylation sites (tertiary alicyclic amines) is 1. The molecule has 1 amide bonds. The lowest BCUT2D eigenvalue weighted by Gasteiger charge is -2.33. The van der Waals surface area contributed by atoms with Gasteiger partial charge in [-0.3, -0.25) is 4.79 Å². The van der Waals surface area contributed by atoms with Crippen LogP contribution >= 0.6 is 0 Å². The number of nitrogens with two attached hydrogens (primary N) is 1. The molecule has 1 aromatic rings. The molecule has 1 fully saturated rings. The van der Waals surface area contributed by atoms with Crippen molar-refractivity contribution in [1.82, 2.24) is 4.90 Å². The molecular weight excluding hydrogens is 224 g/mol. The van der Waals surface area contributed by atoms with Crippen molar-refractivity contribution in [2.24, 2.45) is 11.7 Å². The molecule has 1 aromatic carbocycles. The van der Waals surface area contributed by atoms with Gasteiger partial charge in [-0.05, 0) is 42.9 Å². The van der Waals surface area contributed by atoms with Crippen molar-refractivity contribution in [3.8, 4) is 0 Å². The lowest BCUT2D eigenvalue weighted by atomic mass is 9.87. The van der Waals surface area contributed by atoms with E-state index in [4.69, 9.17) is 5.73 Å². The molecule has 1 aliphatic carbocycles. The standard InChI is InChI=1S/C15H20N2O/c16-9-11-8-15(18)17(10-11)14-7-3-5-12-4-1-2-6-13(12)14/h1-2,4,6,11,14H,3,5,7-10,16H2/t11?,14-/m1/s1. The fourth-order valence-electron chi connectivity index (χ4n) is 3.32. The molecule has 1 saturated heterocycles. The van der Waals surface area contributed by atoms with Crippen LogP contribution in [0.2, 0.25) is 0 Å². The van der Waals surface area contributed by atoms with Crippen molar-refractivity contribution in [3.05, 3.63) is 35.4 Å². The third kappa shape index (κ3) is 1.93. The topological polar surface area (TPSA) is 46.3 Å². The second kappa shape index (κ2) is 4.73. The van der Waals surface area contributed by atoms with Gasteiger partial charge in [-0.15, -0.1) is 0 Å². The van der Waals surface area contributed by atoms with E-state index in [-0.39, 0.29) is 5.91 Å². The average molecular weight is 244 g/mol. The molecule has 2 atom stereocenters. The summed E-state index contributed by atoms with van der Waals surface area (Å²) < 4.78 is 0. The van der Waals surface area contributed by atoms with Crippen LogP contribution in [0.25, 0.3) is 0 Å². The fraction of sp³-hybridized carbons (Fsp3) is 0.533. The minimum atomic E-state index is 0.284. The third-order valence-electron chi connectivity index (χ3n) is 4.29. The smallest absolute Gasteiger partial charge is 0.223 e. The van der Waals surface area contributed by atoms with Crippen LogP contribution in [0, 0.1) is 5.92 Å². The predicted octanol–water partition coefficient (Wildman–Crippen LogP) is 1.87. The van der Waals surface area contributed by atoms with Gasteiger partial charge in [0, 0.05) is 13.0 Å². The SMILES string of the molecule is NCC1CC(=O)N([C@@H]2CCCc3ccccc32)C1. The highest BCUT2D eigenvalue weighted by Gasteiger charge is 2.35. The molecule has 18 heavy (non-hydrogen) atoms. The second-order valence-electron chi connectivity index (χ2n) is 5.46. The molecule has 2 N–H and O–H groups in total. The maximum absolute atomic E-state index is 12.1. The Morgan fingerprint density at radius 3 is 2.94 bits per heavy atom. The maximum atomic E-state index is 12.1. The Bertz CT molecular complexity index is 458. The largest absolute Gasteiger partial charge is 0.335 e. The molecule has 1 heterocycles. The van der Waals surface area contributed by atoms with E-state index in [1.165, 1.54) is 17.5 Å². The van der Waals surface area contributed by atoms with Gasteiger partial charge in [0.2, 0.25) is 5.91 Å². The van der Waals surface area contributed by atoms with Crippen LogP contribution in [0.3, 0.4) is 0 Å². The normalized spacial score (nSPS) is 27.4. The van der Waals surface area contributed by atoms with E-state index in [0.717, 1.165) is 19.4 Å². The predicted molar refractivity (Wildman–Crippen MR) is 71.0 cm³/mol. The van der Waals surface area contributed by atoms with Crippen LogP contribution < -0.4 is 5.73 Å². The summed E-state index contributed by atoms with van der Waals surface area (Å²) in [5, 5.41) is 0. The zero-order valence-electron chi connectivity index (χ0n) is 10.6. The monoisotopic (exact) mass is 244 g/mol. The average Bonchev–Trinajstić information content (AvgIpc) is 2.79. The third-order valence-corrected chi connectivity index (χ3v) is 4.29. The molecular formula is C15H20N2O. The van der Waals surface area contributed by atoms with Crippen molar-refractivity contribution < 1.29 is 4.79 Å². The van der Waals surface area contributed by atoms with Crippen LogP contribution in [0.4, 0.5) is 0 Å². The van der Waals surface area contributed by atoms with E-state index in [9.17, 15) is 4.79 Å². The first-order valence-electron chi connectivity index (χ1n) is 6.87. The number of hydrogen-bond acceptors (Lipinski definition) is 2. The van der Waals surface area contributed by atoms with E-state index in [1.807, 2.05) is 0 Å². The Hall–Kier alpha value is -1.35. The number of benzene rings is 1. The Morgan fingerprint density at radius 2 is 2.17 bits per heavy atom. The molecule has 1 aliphatic heterocycles. The Morgan fingerprint density at radius 1 is 1.33 bits per heavy atom. The molecule has 0 saturated carbocycles. The van der Waals surface area contributed by atoms with E-state index >= 15 is 0 Å². The highest BCUT2D eigenvalue weighted by atomic mass is 16.2. The Kier molecular flexibility index (Phi) is 3.08. The number of carbonyl (C=O) groups excluding carboxylic acids is 1. The van der Waals surface area contributed by atoms with Gasteiger partial charge in [0.25, 0.3) is 0 Å². The van der Waals surface area contributed by atoms with Crippen LogP contribution in [-0.4, -0.2) is 23.9 Å². The number of fused-ring (bicyclic) bond motifs is 1. The number of amides is 1. The molecule has 0 bridgehead atoms. The van der Waals surface area contributed by atoms with Gasteiger partial charge in [-0.2, -0.15) is 0 Å². The number of rotatable bonds is 2. The van der Waals surface area contributed by atoms with Crippen LogP contribution in [-0.2, 0) is 11.2 Å². The minimum Gasteiger partial charge on any atom is -0.335 e. The number of aryl methyl sites for hydroxylation is 1.